The first-order valence-electron chi connectivity index (χ1n) is 6.29. The maximum atomic E-state index is 11.6. The second-order valence-corrected chi connectivity index (χ2v) is 5.82. The third kappa shape index (κ3) is 6.83. The van der Waals surface area contributed by atoms with Crippen LogP contribution in [0.15, 0.2) is 0 Å². The molecule has 0 saturated carbocycles. The van der Waals surface area contributed by atoms with Crippen LogP contribution >= 0.6 is 0 Å². The molecule has 0 bridgehead atoms. The molecule has 3 nitrogen and oxygen atoms in total. The molecule has 3 heteroatoms. The number of amides is 1. The number of carbonyl (C=O) groups is 1. The molecule has 3 N–H and O–H groups in total. The largest absolute Gasteiger partial charge is 0.356 e. The number of hydrogen-bond acceptors (Lipinski definition) is 2. The SMILES string of the molecule is CCCC(N)CC(=O)NCC(C)C(C)(C)C. The molecule has 0 aromatic carbocycles. The summed E-state index contributed by atoms with van der Waals surface area (Å²) in [5.74, 6) is 0.552. The van der Waals surface area contributed by atoms with E-state index in [1.165, 1.54) is 0 Å². The van der Waals surface area contributed by atoms with E-state index in [0.717, 1.165) is 19.4 Å². The molecule has 0 aliphatic carbocycles. The summed E-state index contributed by atoms with van der Waals surface area (Å²) in [4.78, 5) is 11.6. The Balaban J connectivity index is 3.82. The van der Waals surface area contributed by atoms with Crippen LogP contribution in [0.25, 0.3) is 0 Å². The normalized spacial score (nSPS) is 15.6. The molecule has 0 aromatic heterocycles. The maximum absolute atomic E-state index is 11.6. The average molecular weight is 228 g/mol. The highest BCUT2D eigenvalue weighted by Gasteiger charge is 2.20. The molecule has 0 rings (SSSR count). The van der Waals surface area contributed by atoms with Gasteiger partial charge in [-0.15, -0.1) is 0 Å². The van der Waals surface area contributed by atoms with E-state index in [0.29, 0.717) is 12.3 Å². The van der Waals surface area contributed by atoms with Crippen molar-refractivity contribution >= 4 is 5.91 Å². The van der Waals surface area contributed by atoms with E-state index in [1.54, 1.807) is 0 Å². The molecule has 96 valence electrons. The number of nitrogens with one attached hydrogen (secondary N) is 1. The predicted molar refractivity (Wildman–Crippen MR) is 69.1 cm³/mol. The van der Waals surface area contributed by atoms with Crippen LogP contribution < -0.4 is 11.1 Å². The Labute approximate surface area is 100 Å². The standard InChI is InChI=1S/C13H28N2O/c1-6-7-11(14)8-12(16)15-9-10(2)13(3,4)5/h10-11H,6-9,14H2,1-5H3,(H,15,16). The highest BCUT2D eigenvalue weighted by atomic mass is 16.1. The van der Waals surface area contributed by atoms with Gasteiger partial charge in [0.15, 0.2) is 0 Å². The molecule has 0 aliphatic rings. The fourth-order valence-corrected chi connectivity index (χ4v) is 1.36. The van der Waals surface area contributed by atoms with Crippen molar-refractivity contribution in [3.63, 3.8) is 0 Å². The summed E-state index contributed by atoms with van der Waals surface area (Å²) in [6.45, 7) is 11.5. The molecule has 16 heavy (non-hydrogen) atoms. The molecule has 0 aromatic rings. The summed E-state index contributed by atoms with van der Waals surface area (Å²) in [5.41, 5.74) is 6.05. The Bertz CT molecular complexity index is 208. The monoisotopic (exact) mass is 228 g/mol. The molecule has 2 unspecified atom stereocenters. The van der Waals surface area contributed by atoms with Gasteiger partial charge in [0.05, 0.1) is 0 Å². The summed E-state index contributed by atoms with van der Waals surface area (Å²) in [6, 6.07) is 0.00921. The number of carbonyl (C=O) groups excluding carboxylic acids is 1. The summed E-state index contributed by atoms with van der Waals surface area (Å²) >= 11 is 0. The minimum atomic E-state index is 0.00921. The smallest absolute Gasteiger partial charge is 0.221 e. The van der Waals surface area contributed by atoms with Crippen LogP contribution in [0.1, 0.15) is 53.9 Å². The quantitative estimate of drug-likeness (QED) is 0.733. The summed E-state index contributed by atoms with van der Waals surface area (Å²) in [6.07, 6.45) is 2.40. The van der Waals surface area contributed by atoms with Crippen molar-refractivity contribution in [2.75, 3.05) is 6.54 Å². The zero-order valence-corrected chi connectivity index (χ0v) is 11.5. The molecule has 1 amide bonds. The van der Waals surface area contributed by atoms with Crippen LogP contribution in [0.5, 0.6) is 0 Å². The van der Waals surface area contributed by atoms with Gasteiger partial charge >= 0.3 is 0 Å². The Morgan fingerprint density at radius 2 is 1.94 bits per heavy atom. The number of rotatable bonds is 6. The van der Waals surface area contributed by atoms with E-state index in [9.17, 15) is 4.79 Å². The van der Waals surface area contributed by atoms with Crippen molar-refractivity contribution in [2.24, 2.45) is 17.1 Å². The van der Waals surface area contributed by atoms with Gasteiger partial charge in [0, 0.05) is 19.0 Å². The van der Waals surface area contributed by atoms with Gasteiger partial charge in [0.25, 0.3) is 0 Å². The molecule has 0 heterocycles. The van der Waals surface area contributed by atoms with Gasteiger partial charge in [-0.3, -0.25) is 4.79 Å². The Hall–Kier alpha value is -0.570. The maximum Gasteiger partial charge on any atom is 0.221 e. The fraction of sp³-hybridized carbons (Fsp3) is 0.923. The Morgan fingerprint density at radius 3 is 2.38 bits per heavy atom. The van der Waals surface area contributed by atoms with Crippen LogP contribution in [-0.4, -0.2) is 18.5 Å². The van der Waals surface area contributed by atoms with Crippen LogP contribution in [0.3, 0.4) is 0 Å². The second kappa shape index (κ2) is 6.89. The molecule has 0 radical (unpaired) electrons. The van der Waals surface area contributed by atoms with E-state index in [4.69, 9.17) is 5.73 Å². The second-order valence-electron chi connectivity index (χ2n) is 5.82. The highest BCUT2D eigenvalue weighted by Crippen LogP contribution is 2.24. The fourth-order valence-electron chi connectivity index (χ4n) is 1.36. The van der Waals surface area contributed by atoms with Crippen molar-refractivity contribution in [3.05, 3.63) is 0 Å². The van der Waals surface area contributed by atoms with Gasteiger partial charge in [-0.1, -0.05) is 41.0 Å². The lowest BCUT2D eigenvalue weighted by Gasteiger charge is -2.27. The third-order valence-corrected chi connectivity index (χ3v) is 3.19. The minimum absolute atomic E-state index is 0.00921. The molecule has 0 aliphatic heterocycles. The van der Waals surface area contributed by atoms with E-state index >= 15 is 0 Å². The first-order valence-corrected chi connectivity index (χ1v) is 6.29. The Morgan fingerprint density at radius 1 is 1.38 bits per heavy atom. The Kier molecular flexibility index (Phi) is 6.65. The molecular formula is C13H28N2O. The minimum Gasteiger partial charge on any atom is -0.356 e. The summed E-state index contributed by atoms with van der Waals surface area (Å²) in [7, 11) is 0. The van der Waals surface area contributed by atoms with E-state index < -0.39 is 0 Å². The number of nitrogens with two attached hydrogens (primary N) is 1. The molecule has 0 spiro atoms. The van der Waals surface area contributed by atoms with Crippen LogP contribution in [0.2, 0.25) is 0 Å². The topological polar surface area (TPSA) is 55.1 Å². The average Bonchev–Trinajstić information content (AvgIpc) is 2.12. The molecular weight excluding hydrogens is 200 g/mol. The molecule has 0 fully saturated rings. The highest BCUT2D eigenvalue weighted by molar-refractivity contribution is 5.76. The zero-order valence-electron chi connectivity index (χ0n) is 11.5. The van der Waals surface area contributed by atoms with Crippen molar-refractivity contribution in [2.45, 2.75) is 59.9 Å². The van der Waals surface area contributed by atoms with Crippen molar-refractivity contribution in [1.82, 2.24) is 5.32 Å². The van der Waals surface area contributed by atoms with Gasteiger partial charge in [0.2, 0.25) is 5.91 Å². The van der Waals surface area contributed by atoms with Gasteiger partial charge in [-0.2, -0.15) is 0 Å². The van der Waals surface area contributed by atoms with Gasteiger partial charge in [-0.05, 0) is 17.8 Å². The van der Waals surface area contributed by atoms with Gasteiger partial charge in [-0.25, -0.2) is 0 Å². The van der Waals surface area contributed by atoms with E-state index in [1.807, 2.05) is 0 Å². The van der Waals surface area contributed by atoms with Crippen LogP contribution in [0.4, 0.5) is 0 Å². The lowest BCUT2D eigenvalue weighted by molar-refractivity contribution is -0.121. The predicted octanol–water partition coefficient (Wildman–Crippen LogP) is 2.30. The van der Waals surface area contributed by atoms with Gasteiger partial charge in [0.1, 0.15) is 0 Å². The van der Waals surface area contributed by atoms with Crippen molar-refractivity contribution < 1.29 is 4.79 Å². The van der Waals surface area contributed by atoms with Crippen molar-refractivity contribution in [3.8, 4) is 0 Å². The van der Waals surface area contributed by atoms with Crippen molar-refractivity contribution in [1.29, 1.82) is 0 Å². The lowest BCUT2D eigenvalue weighted by atomic mass is 9.82. The summed E-state index contributed by atoms with van der Waals surface area (Å²) < 4.78 is 0. The number of hydrogen-bond donors (Lipinski definition) is 2. The first-order chi connectivity index (χ1) is 7.27. The lowest BCUT2D eigenvalue weighted by Crippen LogP contribution is -2.36. The summed E-state index contributed by atoms with van der Waals surface area (Å²) in [5, 5.41) is 2.96. The first kappa shape index (κ1) is 15.4. The molecule has 2 atom stereocenters. The van der Waals surface area contributed by atoms with Crippen LogP contribution in [0, 0.1) is 11.3 Å². The zero-order chi connectivity index (χ0) is 12.8. The third-order valence-electron chi connectivity index (χ3n) is 3.19. The van der Waals surface area contributed by atoms with Gasteiger partial charge < -0.3 is 11.1 Å². The van der Waals surface area contributed by atoms with E-state index in [2.05, 4.69) is 39.9 Å². The van der Waals surface area contributed by atoms with Crippen LogP contribution in [-0.2, 0) is 4.79 Å². The molecule has 0 saturated heterocycles. The van der Waals surface area contributed by atoms with E-state index in [-0.39, 0.29) is 17.4 Å².